The van der Waals surface area contributed by atoms with E-state index in [1.165, 1.54) is 12.1 Å². The predicted molar refractivity (Wildman–Crippen MR) is 81.1 cm³/mol. The van der Waals surface area contributed by atoms with E-state index in [0.717, 1.165) is 28.0 Å². The van der Waals surface area contributed by atoms with Crippen molar-refractivity contribution in [3.05, 3.63) is 82.9 Å². The summed E-state index contributed by atoms with van der Waals surface area (Å²) in [5.74, 6) is -1.76. The van der Waals surface area contributed by atoms with Gasteiger partial charge in [0.05, 0.1) is 6.04 Å². The maximum atomic E-state index is 14.0. The van der Waals surface area contributed by atoms with Crippen molar-refractivity contribution in [2.24, 2.45) is 5.73 Å². The maximum absolute atomic E-state index is 14.0. The van der Waals surface area contributed by atoms with Crippen LogP contribution in [0, 0.1) is 18.6 Å². The quantitative estimate of drug-likeness (QED) is 0.737. The van der Waals surface area contributed by atoms with Gasteiger partial charge in [-0.2, -0.15) is 0 Å². The Balaban J connectivity index is 2.21. The highest BCUT2D eigenvalue weighted by molar-refractivity contribution is 5.89. The topological polar surface area (TPSA) is 26.0 Å². The number of aryl methyl sites for hydroxylation is 1. The minimum absolute atomic E-state index is 0.170. The van der Waals surface area contributed by atoms with E-state index in [-0.39, 0.29) is 5.56 Å². The minimum atomic E-state index is -0.880. The third-order valence-corrected chi connectivity index (χ3v) is 3.83. The van der Waals surface area contributed by atoms with E-state index in [1.807, 2.05) is 43.3 Å². The Kier molecular flexibility index (Phi) is 3.43. The minimum Gasteiger partial charge on any atom is -0.320 e. The molecule has 3 heteroatoms. The molecule has 0 saturated carbocycles. The van der Waals surface area contributed by atoms with Gasteiger partial charge in [0, 0.05) is 5.56 Å². The Morgan fingerprint density at radius 2 is 1.52 bits per heavy atom. The first kappa shape index (κ1) is 13.7. The molecule has 0 aliphatic carbocycles. The molecule has 0 saturated heterocycles. The van der Waals surface area contributed by atoms with Gasteiger partial charge in [0.25, 0.3) is 0 Å². The van der Waals surface area contributed by atoms with E-state index in [1.54, 1.807) is 0 Å². The summed E-state index contributed by atoms with van der Waals surface area (Å²) in [7, 11) is 0. The molecule has 2 N–H and O–H groups in total. The first-order valence-corrected chi connectivity index (χ1v) is 6.77. The molecule has 106 valence electrons. The predicted octanol–water partition coefficient (Wildman–Crippen LogP) is 4.47. The third kappa shape index (κ3) is 2.30. The van der Waals surface area contributed by atoms with Crippen LogP contribution in [0.15, 0.2) is 54.6 Å². The molecule has 0 aliphatic heterocycles. The van der Waals surface area contributed by atoms with E-state index in [0.29, 0.717) is 0 Å². The van der Waals surface area contributed by atoms with Gasteiger partial charge in [-0.3, -0.25) is 0 Å². The fraction of sp³-hybridized carbons (Fsp3) is 0.111. The fourth-order valence-electron chi connectivity index (χ4n) is 2.67. The van der Waals surface area contributed by atoms with E-state index < -0.39 is 17.7 Å². The third-order valence-electron chi connectivity index (χ3n) is 3.83. The molecule has 0 aromatic heterocycles. The molecule has 0 bridgehead atoms. The number of hydrogen-bond acceptors (Lipinski definition) is 1. The first-order valence-electron chi connectivity index (χ1n) is 6.77. The van der Waals surface area contributed by atoms with Crippen LogP contribution in [-0.4, -0.2) is 0 Å². The molecule has 3 aromatic carbocycles. The van der Waals surface area contributed by atoms with Crippen molar-refractivity contribution in [1.82, 2.24) is 0 Å². The smallest absolute Gasteiger partial charge is 0.163 e. The number of halogens is 2. The first-order chi connectivity index (χ1) is 10.1. The summed E-state index contributed by atoms with van der Waals surface area (Å²) in [6, 6.07) is 15.1. The largest absolute Gasteiger partial charge is 0.320 e. The lowest BCUT2D eigenvalue weighted by Crippen LogP contribution is -2.15. The van der Waals surface area contributed by atoms with Gasteiger partial charge in [-0.05, 0) is 34.9 Å². The molecule has 21 heavy (non-hydrogen) atoms. The Morgan fingerprint density at radius 1 is 0.810 bits per heavy atom. The highest BCUT2D eigenvalue weighted by atomic mass is 19.2. The summed E-state index contributed by atoms with van der Waals surface area (Å²) in [6.07, 6.45) is 0. The Morgan fingerprint density at radius 3 is 2.29 bits per heavy atom. The summed E-state index contributed by atoms with van der Waals surface area (Å²) < 4.78 is 27.4. The number of fused-ring (bicyclic) bond motifs is 1. The summed E-state index contributed by atoms with van der Waals surface area (Å²) in [5, 5.41) is 2.04. The molecule has 0 heterocycles. The highest BCUT2D eigenvalue weighted by Gasteiger charge is 2.18. The van der Waals surface area contributed by atoms with Crippen molar-refractivity contribution in [3.8, 4) is 0 Å². The molecule has 3 rings (SSSR count). The van der Waals surface area contributed by atoms with Gasteiger partial charge < -0.3 is 5.73 Å². The van der Waals surface area contributed by atoms with Crippen molar-refractivity contribution in [2.75, 3.05) is 0 Å². The zero-order chi connectivity index (χ0) is 15.0. The highest BCUT2D eigenvalue weighted by Crippen LogP contribution is 2.30. The van der Waals surface area contributed by atoms with Crippen LogP contribution in [0.1, 0.15) is 22.7 Å². The van der Waals surface area contributed by atoms with Gasteiger partial charge in [-0.25, -0.2) is 8.78 Å². The van der Waals surface area contributed by atoms with E-state index in [4.69, 9.17) is 5.73 Å². The molecular weight excluding hydrogens is 268 g/mol. The van der Waals surface area contributed by atoms with Crippen molar-refractivity contribution >= 4 is 10.8 Å². The summed E-state index contributed by atoms with van der Waals surface area (Å²) in [6.45, 7) is 2.01. The van der Waals surface area contributed by atoms with Crippen LogP contribution in [0.2, 0.25) is 0 Å². The van der Waals surface area contributed by atoms with Crippen molar-refractivity contribution in [1.29, 1.82) is 0 Å². The SMILES string of the molecule is Cc1ccc(C(N)c2cccc(F)c2F)c2ccccc12. The van der Waals surface area contributed by atoms with Crippen molar-refractivity contribution in [3.63, 3.8) is 0 Å². The molecule has 0 spiro atoms. The summed E-state index contributed by atoms with van der Waals surface area (Å²) in [4.78, 5) is 0. The summed E-state index contributed by atoms with van der Waals surface area (Å²) in [5.41, 5.74) is 8.28. The molecule has 0 aliphatic rings. The number of hydrogen-bond donors (Lipinski definition) is 1. The van der Waals surface area contributed by atoms with Gasteiger partial charge in [-0.15, -0.1) is 0 Å². The second kappa shape index (κ2) is 5.26. The van der Waals surface area contributed by atoms with Crippen molar-refractivity contribution in [2.45, 2.75) is 13.0 Å². The molecule has 1 unspecified atom stereocenters. The Hall–Kier alpha value is -2.26. The van der Waals surface area contributed by atoms with Crippen molar-refractivity contribution < 1.29 is 8.78 Å². The van der Waals surface area contributed by atoms with Crippen LogP contribution in [-0.2, 0) is 0 Å². The zero-order valence-corrected chi connectivity index (χ0v) is 11.6. The number of nitrogens with two attached hydrogens (primary N) is 1. The molecular formula is C18H15F2N. The lowest BCUT2D eigenvalue weighted by atomic mass is 9.92. The lowest BCUT2D eigenvalue weighted by molar-refractivity contribution is 0.494. The van der Waals surface area contributed by atoms with Gasteiger partial charge in [0.2, 0.25) is 0 Å². The second-order valence-electron chi connectivity index (χ2n) is 5.14. The number of benzene rings is 3. The molecule has 1 nitrogen and oxygen atoms in total. The monoisotopic (exact) mass is 283 g/mol. The Labute approximate surface area is 122 Å². The maximum Gasteiger partial charge on any atom is 0.163 e. The molecule has 0 radical (unpaired) electrons. The van der Waals surface area contributed by atoms with Gasteiger partial charge in [0.15, 0.2) is 11.6 Å². The molecule has 0 amide bonds. The van der Waals surface area contributed by atoms with Crippen LogP contribution >= 0.6 is 0 Å². The van der Waals surface area contributed by atoms with Crippen LogP contribution < -0.4 is 5.73 Å². The van der Waals surface area contributed by atoms with Crippen LogP contribution in [0.3, 0.4) is 0 Å². The van der Waals surface area contributed by atoms with E-state index in [9.17, 15) is 8.78 Å². The average Bonchev–Trinajstić information content (AvgIpc) is 2.50. The van der Waals surface area contributed by atoms with E-state index in [2.05, 4.69) is 0 Å². The standard InChI is InChI=1S/C18H15F2N/c1-11-9-10-14(13-6-3-2-5-12(11)13)18(21)15-7-4-8-16(19)17(15)20/h2-10,18H,21H2,1H3. The Bertz CT molecular complexity index is 811. The van der Waals surface area contributed by atoms with Crippen LogP contribution in [0.4, 0.5) is 8.78 Å². The zero-order valence-electron chi connectivity index (χ0n) is 11.6. The van der Waals surface area contributed by atoms with Gasteiger partial charge >= 0.3 is 0 Å². The van der Waals surface area contributed by atoms with Crippen LogP contribution in [0.5, 0.6) is 0 Å². The fourth-order valence-corrected chi connectivity index (χ4v) is 2.67. The molecule has 1 atom stereocenters. The molecule has 3 aromatic rings. The second-order valence-corrected chi connectivity index (χ2v) is 5.14. The molecule has 0 fully saturated rings. The number of rotatable bonds is 2. The van der Waals surface area contributed by atoms with E-state index >= 15 is 0 Å². The van der Waals surface area contributed by atoms with Crippen LogP contribution in [0.25, 0.3) is 10.8 Å². The lowest BCUT2D eigenvalue weighted by Gasteiger charge is -2.17. The normalized spacial score (nSPS) is 12.6. The average molecular weight is 283 g/mol. The summed E-state index contributed by atoms with van der Waals surface area (Å²) >= 11 is 0. The van der Waals surface area contributed by atoms with Gasteiger partial charge in [-0.1, -0.05) is 48.5 Å². The van der Waals surface area contributed by atoms with Gasteiger partial charge in [0.1, 0.15) is 0 Å².